The van der Waals surface area contributed by atoms with Gasteiger partial charge in [-0.2, -0.15) is 12.6 Å². The van der Waals surface area contributed by atoms with E-state index >= 15 is 0 Å². The van der Waals surface area contributed by atoms with E-state index in [4.69, 9.17) is 5.11 Å². The summed E-state index contributed by atoms with van der Waals surface area (Å²) in [5, 5.41) is 8.81. The van der Waals surface area contributed by atoms with Crippen LogP contribution >= 0.6 is 12.6 Å². The minimum atomic E-state index is -0.719. The van der Waals surface area contributed by atoms with E-state index in [0.29, 0.717) is 0 Å². The summed E-state index contributed by atoms with van der Waals surface area (Å²) in [5.74, 6) is -0.719. The summed E-state index contributed by atoms with van der Waals surface area (Å²) in [6.07, 6.45) is 1.74. The van der Waals surface area contributed by atoms with E-state index < -0.39 is 5.97 Å². The number of likely N-dealkylation sites (tertiary alicyclic amines) is 1. The molecule has 4 heteroatoms. The predicted molar refractivity (Wildman–Crippen MR) is 45.8 cm³/mol. The van der Waals surface area contributed by atoms with Gasteiger partial charge >= 0.3 is 5.97 Å². The number of hydrogen-bond donors (Lipinski definition) is 2. The van der Waals surface area contributed by atoms with Crippen LogP contribution in [-0.4, -0.2) is 33.9 Å². The Morgan fingerprint density at radius 1 is 1.82 bits per heavy atom. The van der Waals surface area contributed by atoms with E-state index in [1.165, 1.54) is 0 Å². The molecule has 0 aliphatic carbocycles. The third-order valence-corrected chi connectivity index (χ3v) is 2.36. The van der Waals surface area contributed by atoms with Crippen molar-refractivity contribution in [2.45, 2.75) is 31.2 Å². The summed E-state index contributed by atoms with van der Waals surface area (Å²) in [6, 6.07) is -0.303. The average Bonchev–Trinajstić information content (AvgIpc) is 2.32. The molecule has 2 atom stereocenters. The summed E-state index contributed by atoms with van der Waals surface area (Å²) in [6.45, 7) is 2.77. The second-order valence-corrected chi connectivity index (χ2v) is 3.61. The molecule has 1 N–H and O–H groups in total. The molecular weight excluding hydrogens is 162 g/mol. The van der Waals surface area contributed by atoms with Crippen molar-refractivity contribution in [3.63, 3.8) is 0 Å². The van der Waals surface area contributed by atoms with Gasteiger partial charge in [-0.1, -0.05) is 0 Å². The fourth-order valence-corrected chi connectivity index (χ4v) is 1.78. The van der Waals surface area contributed by atoms with Crippen molar-refractivity contribution in [1.29, 1.82) is 0 Å². The first-order valence-electron chi connectivity index (χ1n) is 3.79. The monoisotopic (exact) mass is 175 g/mol. The third kappa shape index (κ3) is 1.87. The van der Waals surface area contributed by atoms with Crippen molar-refractivity contribution >= 4 is 18.6 Å². The summed E-state index contributed by atoms with van der Waals surface area (Å²) >= 11 is 4.21. The summed E-state index contributed by atoms with van der Waals surface area (Å²) in [5.41, 5.74) is 0. The first-order valence-corrected chi connectivity index (χ1v) is 4.31. The van der Waals surface area contributed by atoms with Crippen LogP contribution in [0.2, 0.25) is 0 Å². The highest BCUT2D eigenvalue weighted by atomic mass is 32.1. The molecule has 0 spiro atoms. The predicted octanol–water partition coefficient (Wildman–Crippen LogP) is 0.811. The molecule has 0 bridgehead atoms. The van der Waals surface area contributed by atoms with Crippen LogP contribution in [0.4, 0.5) is 0 Å². The number of nitrogens with zero attached hydrogens (tertiary/aromatic N) is 1. The zero-order valence-electron chi connectivity index (χ0n) is 6.53. The lowest BCUT2D eigenvalue weighted by atomic mass is 10.2. The van der Waals surface area contributed by atoms with E-state index in [-0.39, 0.29) is 11.4 Å². The summed E-state index contributed by atoms with van der Waals surface area (Å²) in [4.78, 5) is 12.5. The lowest BCUT2D eigenvalue weighted by molar-refractivity contribution is -0.142. The van der Waals surface area contributed by atoms with Crippen LogP contribution in [0.1, 0.15) is 19.8 Å². The van der Waals surface area contributed by atoms with Gasteiger partial charge < -0.3 is 5.11 Å². The molecule has 0 amide bonds. The molecule has 1 fully saturated rings. The molecule has 64 valence electrons. The Balaban J connectivity index is 2.58. The minimum Gasteiger partial charge on any atom is -0.480 e. The molecule has 0 aromatic heterocycles. The second-order valence-electron chi connectivity index (χ2n) is 2.87. The van der Waals surface area contributed by atoms with Crippen LogP contribution in [0.25, 0.3) is 0 Å². The van der Waals surface area contributed by atoms with Gasteiger partial charge in [-0.15, -0.1) is 0 Å². The molecule has 0 aromatic rings. The first-order chi connectivity index (χ1) is 5.13. The smallest absolute Gasteiger partial charge is 0.320 e. The van der Waals surface area contributed by atoms with Crippen molar-refractivity contribution < 1.29 is 9.90 Å². The first kappa shape index (κ1) is 8.87. The summed E-state index contributed by atoms with van der Waals surface area (Å²) in [7, 11) is 0. The Hall–Kier alpha value is -0.220. The van der Waals surface area contributed by atoms with Crippen LogP contribution < -0.4 is 0 Å². The highest BCUT2D eigenvalue weighted by Crippen LogP contribution is 2.21. The number of carboxylic acids is 1. The number of thiol groups is 1. The SMILES string of the molecule is CC(S)N1CCCC1C(=O)O. The molecule has 1 rings (SSSR count). The average molecular weight is 175 g/mol. The Bertz CT molecular complexity index is 161. The van der Waals surface area contributed by atoms with Gasteiger partial charge in [0.2, 0.25) is 0 Å². The Morgan fingerprint density at radius 3 is 2.82 bits per heavy atom. The number of aliphatic carboxylic acids is 1. The second kappa shape index (κ2) is 3.45. The summed E-state index contributed by atoms with van der Waals surface area (Å²) < 4.78 is 0. The number of rotatable bonds is 2. The molecule has 2 unspecified atom stereocenters. The molecule has 0 radical (unpaired) electrons. The van der Waals surface area contributed by atoms with Crippen molar-refractivity contribution in [3.8, 4) is 0 Å². The highest BCUT2D eigenvalue weighted by molar-refractivity contribution is 7.80. The van der Waals surface area contributed by atoms with Gasteiger partial charge in [-0.3, -0.25) is 9.69 Å². The molecule has 1 aliphatic rings. The van der Waals surface area contributed by atoms with Gasteiger partial charge in [0.15, 0.2) is 0 Å². The topological polar surface area (TPSA) is 40.5 Å². The number of carbonyl (C=O) groups is 1. The van der Waals surface area contributed by atoms with Crippen molar-refractivity contribution in [1.82, 2.24) is 4.90 Å². The Labute approximate surface area is 71.8 Å². The number of carboxylic acid groups (broad SMARTS) is 1. The van der Waals surface area contributed by atoms with Gasteiger partial charge in [0.05, 0.1) is 5.37 Å². The quantitative estimate of drug-likeness (QED) is 0.610. The molecular formula is C7H13NO2S. The van der Waals surface area contributed by atoms with Gasteiger partial charge in [-0.05, 0) is 19.8 Å². The van der Waals surface area contributed by atoms with Crippen LogP contribution in [0.3, 0.4) is 0 Å². The zero-order valence-corrected chi connectivity index (χ0v) is 7.42. The van der Waals surface area contributed by atoms with Gasteiger partial charge in [0, 0.05) is 6.54 Å². The van der Waals surface area contributed by atoms with E-state index in [1.54, 1.807) is 0 Å². The van der Waals surface area contributed by atoms with Crippen molar-refractivity contribution in [2.75, 3.05) is 6.54 Å². The van der Waals surface area contributed by atoms with Gasteiger partial charge in [-0.25, -0.2) is 0 Å². The largest absolute Gasteiger partial charge is 0.480 e. The molecule has 3 nitrogen and oxygen atoms in total. The third-order valence-electron chi connectivity index (χ3n) is 2.06. The number of hydrogen-bond acceptors (Lipinski definition) is 3. The fourth-order valence-electron chi connectivity index (χ4n) is 1.50. The van der Waals surface area contributed by atoms with Gasteiger partial charge in [0.25, 0.3) is 0 Å². The highest BCUT2D eigenvalue weighted by Gasteiger charge is 2.32. The van der Waals surface area contributed by atoms with Crippen LogP contribution in [-0.2, 0) is 4.79 Å². The molecule has 1 saturated heterocycles. The molecule has 11 heavy (non-hydrogen) atoms. The Morgan fingerprint density at radius 2 is 2.45 bits per heavy atom. The lowest BCUT2D eigenvalue weighted by Gasteiger charge is -2.23. The Kier molecular flexibility index (Phi) is 2.78. The van der Waals surface area contributed by atoms with E-state index in [9.17, 15) is 4.79 Å². The standard InChI is InChI=1S/C7H13NO2S/c1-5(11)8-4-2-3-6(8)7(9)10/h5-6,11H,2-4H2,1H3,(H,9,10). The van der Waals surface area contributed by atoms with E-state index in [0.717, 1.165) is 19.4 Å². The molecule has 1 aliphatic heterocycles. The lowest BCUT2D eigenvalue weighted by Crippen LogP contribution is -2.39. The molecule has 0 aromatic carbocycles. The maximum atomic E-state index is 10.6. The van der Waals surface area contributed by atoms with E-state index in [1.807, 2.05) is 11.8 Å². The minimum absolute atomic E-state index is 0.0543. The molecule has 1 heterocycles. The van der Waals surface area contributed by atoms with E-state index in [2.05, 4.69) is 12.6 Å². The normalized spacial score (nSPS) is 28.7. The maximum Gasteiger partial charge on any atom is 0.320 e. The van der Waals surface area contributed by atoms with Crippen molar-refractivity contribution in [3.05, 3.63) is 0 Å². The maximum absolute atomic E-state index is 10.6. The van der Waals surface area contributed by atoms with Crippen molar-refractivity contribution in [2.24, 2.45) is 0 Å². The van der Waals surface area contributed by atoms with Crippen LogP contribution in [0.15, 0.2) is 0 Å². The zero-order chi connectivity index (χ0) is 8.43. The van der Waals surface area contributed by atoms with Crippen LogP contribution in [0, 0.1) is 0 Å². The van der Waals surface area contributed by atoms with Crippen LogP contribution in [0.5, 0.6) is 0 Å². The molecule has 0 saturated carbocycles. The fraction of sp³-hybridized carbons (Fsp3) is 0.857. The van der Waals surface area contributed by atoms with Gasteiger partial charge in [0.1, 0.15) is 6.04 Å².